The van der Waals surface area contributed by atoms with Gasteiger partial charge in [-0.1, -0.05) is 0 Å². The average molecular weight is 262 g/mol. The Morgan fingerprint density at radius 2 is 1.92 bits per heavy atom. The molecule has 0 unspecified atom stereocenters. The van der Waals surface area contributed by atoms with Gasteiger partial charge in [-0.25, -0.2) is 0 Å². The molecule has 12 heavy (non-hydrogen) atoms. The molecule has 2 radical (unpaired) electrons. The molecule has 0 bridgehead atoms. The standard InChI is InChI=1S/C9H6N.CH3.Sn/c1-2-6-9-8(4-1)5-3-7-10-9;;/h1-6H;1H3;. The molecule has 0 atom stereocenters. The fourth-order valence-electron chi connectivity index (χ4n) is 1.21. The Balaban J connectivity index is 2.67. The third-order valence-electron chi connectivity index (χ3n) is 1.85. The minimum absolute atomic E-state index is 0.357. The molecule has 1 heterocycles. The summed E-state index contributed by atoms with van der Waals surface area (Å²) in [5.74, 6) is 0. The molecule has 2 aromatic rings. The Labute approximate surface area is 82.0 Å². The molecule has 2 heteroatoms. The third kappa shape index (κ3) is 1.46. The van der Waals surface area contributed by atoms with Crippen LogP contribution in [0, 0.1) is 0 Å². The van der Waals surface area contributed by atoms with Crippen molar-refractivity contribution >= 4 is 35.8 Å². The number of rotatable bonds is 1. The minimum atomic E-state index is -0.357. The summed E-state index contributed by atoms with van der Waals surface area (Å²) >= 11 is -0.357. The summed E-state index contributed by atoms with van der Waals surface area (Å²) in [4.78, 5) is 6.86. The van der Waals surface area contributed by atoms with Crippen LogP contribution in [0.4, 0.5) is 0 Å². The van der Waals surface area contributed by atoms with Crippen LogP contribution in [0.3, 0.4) is 0 Å². The van der Waals surface area contributed by atoms with Crippen molar-refractivity contribution < 1.29 is 0 Å². The number of fused-ring (bicyclic) bond motifs is 1. The number of aromatic nitrogens is 1. The van der Waals surface area contributed by atoms with Gasteiger partial charge in [-0.15, -0.1) is 0 Å². The van der Waals surface area contributed by atoms with E-state index in [1.54, 1.807) is 0 Å². The molecule has 0 N–H and O–H groups in total. The second-order valence-electron chi connectivity index (χ2n) is 2.64. The first kappa shape index (κ1) is 8.05. The molecule has 0 aliphatic carbocycles. The summed E-state index contributed by atoms with van der Waals surface area (Å²) in [5.41, 5.74) is 1.14. The van der Waals surface area contributed by atoms with Crippen molar-refractivity contribution in [2.24, 2.45) is 0 Å². The zero-order chi connectivity index (χ0) is 8.39. The van der Waals surface area contributed by atoms with Crippen molar-refractivity contribution in [1.82, 2.24) is 4.98 Å². The van der Waals surface area contributed by atoms with E-state index in [9.17, 15) is 0 Å². The molecule has 0 spiro atoms. The molecule has 0 aliphatic heterocycles. The van der Waals surface area contributed by atoms with E-state index < -0.39 is 0 Å². The second-order valence-corrected chi connectivity index (χ2v) is 5.53. The quantitative estimate of drug-likeness (QED) is 0.711. The van der Waals surface area contributed by atoms with Crippen LogP contribution in [0.15, 0.2) is 36.4 Å². The van der Waals surface area contributed by atoms with Gasteiger partial charge in [0.2, 0.25) is 0 Å². The molecule has 0 amide bonds. The molecule has 0 aliphatic rings. The van der Waals surface area contributed by atoms with E-state index in [0.717, 1.165) is 5.52 Å². The number of para-hydroxylation sites is 1. The Kier molecular flexibility index (Phi) is 2.30. The van der Waals surface area contributed by atoms with Crippen LogP contribution in [0.25, 0.3) is 10.9 Å². The van der Waals surface area contributed by atoms with Gasteiger partial charge < -0.3 is 0 Å². The molecule has 1 aromatic heterocycles. The summed E-state index contributed by atoms with van der Waals surface area (Å²) in [7, 11) is 0. The molecule has 1 aromatic carbocycles. The van der Waals surface area contributed by atoms with Crippen LogP contribution in [-0.2, 0) is 0 Å². The molecule has 0 saturated carbocycles. The van der Waals surface area contributed by atoms with Crippen molar-refractivity contribution in [3.8, 4) is 0 Å². The Morgan fingerprint density at radius 3 is 2.75 bits per heavy atom. The molecule has 0 fully saturated rings. The van der Waals surface area contributed by atoms with E-state index in [0.29, 0.717) is 0 Å². The predicted octanol–water partition coefficient (Wildman–Crippen LogP) is 1.61. The van der Waals surface area contributed by atoms with Gasteiger partial charge in [-0.3, -0.25) is 0 Å². The number of benzene rings is 1. The van der Waals surface area contributed by atoms with Gasteiger partial charge in [0.15, 0.2) is 0 Å². The van der Waals surface area contributed by atoms with Crippen molar-refractivity contribution in [2.45, 2.75) is 4.94 Å². The summed E-state index contributed by atoms with van der Waals surface area (Å²) in [6, 6.07) is 12.6. The van der Waals surface area contributed by atoms with Crippen LogP contribution in [0.2, 0.25) is 4.94 Å². The molecule has 0 saturated heterocycles. The van der Waals surface area contributed by atoms with E-state index >= 15 is 0 Å². The second kappa shape index (κ2) is 3.44. The SMILES string of the molecule is [CH3][Sn][c]1ccc2ccccc2n1. The van der Waals surface area contributed by atoms with E-state index in [-0.39, 0.29) is 21.1 Å². The van der Waals surface area contributed by atoms with Gasteiger partial charge in [0, 0.05) is 0 Å². The van der Waals surface area contributed by atoms with Gasteiger partial charge in [0.1, 0.15) is 0 Å². The van der Waals surface area contributed by atoms with E-state index in [4.69, 9.17) is 0 Å². The van der Waals surface area contributed by atoms with Crippen molar-refractivity contribution in [3.63, 3.8) is 0 Å². The molecule has 58 valence electrons. The molecular weight excluding hydrogens is 253 g/mol. The number of hydrogen-bond acceptors (Lipinski definition) is 1. The summed E-state index contributed by atoms with van der Waals surface area (Å²) in [5, 5.41) is 1.24. The monoisotopic (exact) mass is 263 g/mol. The maximum absolute atomic E-state index is 4.57. The van der Waals surface area contributed by atoms with Gasteiger partial charge in [0.05, 0.1) is 0 Å². The van der Waals surface area contributed by atoms with Crippen LogP contribution in [-0.4, -0.2) is 26.1 Å². The van der Waals surface area contributed by atoms with E-state index in [1.807, 2.05) is 6.07 Å². The predicted molar refractivity (Wildman–Crippen MR) is 53.0 cm³/mol. The summed E-state index contributed by atoms with van der Waals surface area (Å²) in [6.45, 7) is 0. The van der Waals surface area contributed by atoms with E-state index in [1.165, 1.54) is 9.10 Å². The summed E-state index contributed by atoms with van der Waals surface area (Å²) < 4.78 is 1.33. The molecule has 1 nitrogen and oxygen atoms in total. The fourth-order valence-corrected chi connectivity index (χ4v) is 2.58. The van der Waals surface area contributed by atoms with Crippen molar-refractivity contribution in [1.29, 1.82) is 0 Å². The van der Waals surface area contributed by atoms with Crippen molar-refractivity contribution in [2.75, 3.05) is 0 Å². The number of hydrogen-bond donors (Lipinski definition) is 0. The van der Waals surface area contributed by atoms with Crippen LogP contribution in [0.5, 0.6) is 0 Å². The Morgan fingerprint density at radius 1 is 1.08 bits per heavy atom. The third-order valence-corrected chi connectivity index (χ3v) is 4.11. The fraction of sp³-hybridized carbons (Fsp3) is 0.100. The average Bonchev–Trinajstić information content (AvgIpc) is 2.17. The first-order chi connectivity index (χ1) is 5.90. The van der Waals surface area contributed by atoms with Crippen molar-refractivity contribution in [3.05, 3.63) is 36.4 Å². The molecule has 2 rings (SSSR count). The first-order valence-corrected chi connectivity index (χ1v) is 8.22. The van der Waals surface area contributed by atoms with Crippen LogP contribution >= 0.6 is 0 Å². The van der Waals surface area contributed by atoms with Crippen LogP contribution in [0.1, 0.15) is 0 Å². The zero-order valence-corrected chi connectivity index (χ0v) is 9.77. The number of pyridine rings is 1. The zero-order valence-electron chi connectivity index (χ0n) is 6.91. The van der Waals surface area contributed by atoms with E-state index in [2.05, 4.69) is 40.3 Å². The summed E-state index contributed by atoms with van der Waals surface area (Å²) in [6.07, 6.45) is 0. The molecular formula is C10H9NSn. The van der Waals surface area contributed by atoms with Crippen LogP contribution < -0.4 is 3.71 Å². The maximum atomic E-state index is 4.57. The van der Waals surface area contributed by atoms with Gasteiger partial charge in [-0.2, -0.15) is 0 Å². The Bertz CT molecular complexity index is 398. The normalized spacial score (nSPS) is 10.4. The van der Waals surface area contributed by atoms with Gasteiger partial charge in [-0.05, 0) is 0 Å². The number of nitrogens with zero attached hydrogens (tertiary/aromatic N) is 1. The van der Waals surface area contributed by atoms with Gasteiger partial charge >= 0.3 is 82.1 Å². The first-order valence-electron chi connectivity index (χ1n) is 3.94. The topological polar surface area (TPSA) is 12.9 Å². The van der Waals surface area contributed by atoms with Gasteiger partial charge in [0.25, 0.3) is 0 Å². The Hall–Kier alpha value is -0.571.